The molecule has 1 saturated heterocycles. The third-order valence-corrected chi connectivity index (χ3v) is 3.18. The molecule has 1 aromatic rings. The Kier molecular flexibility index (Phi) is 3.07. The van der Waals surface area contributed by atoms with Gasteiger partial charge in [-0.2, -0.15) is 0 Å². The maximum atomic E-state index is 5.97. The molecule has 0 aromatic carbocycles. The van der Waals surface area contributed by atoms with Crippen LogP contribution in [-0.2, 0) is 0 Å². The minimum atomic E-state index is 0.476. The molecule has 0 aliphatic carbocycles. The molecule has 1 unspecified atom stereocenters. The van der Waals surface area contributed by atoms with Crippen LogP contribution in [0.15, 0.2) is 6.20 Å². The molecule has 15 heavy (non-hydrogen) atoms. The van der Waals surface area contributed by atoms with Crippen LogP contribution >= 0.6 is 11.6 Å². The summed E-state index contributed by atoms with van der Waals surface area (Å²) in [6.45, 7) is 3.96. The van der Waals surface area contributed by atoms with E-state index in [0.29, 0.717) is 17.1 Å². The van der Waals surface area contributed by atoms with Gasteiger partial charge in [0.25, 0.3) is 0 Å². The summed E-state index contributed by atoms with van der Waals surface area (Å²) in [5.41, 5.74) is 0.915. The lowest BCUT2D eigenvalue weighted by atomic mass is 10.2. The molecule has 4 nitrogen and oxygen atoms in total. The van der Waals surface area contributed by atoms with E-state index in [4.69, 9.17) is 11.6 Å². The van der Waals surface area contributed by atoms with Crippen molar-refractivity contribution in [3.63, 3.8) is 0 Å². The van der Waals surface area contributed by atoms with E-state index in [1.54, 1.807) is 6.20 Å². The summed E-state index contributed by atoms with van der Waals surface area (Å²) in [4.78, 5) is 10.6. The van der Waals surface area contributed by atoms with Gasteiger partial charge in [0.2, 0.25) is 5.95 Å². The maximum absolute atomic E-state index is 5.97. The number of aryl methyl sites for hydroxylation is 1. The quantitative estimate of drug-likeness (QED) is 0.771. The molecule has 0 bridgehead atoms. The van der Waals surface area contributed by atoms with Gasteiger partial charge in [0, 0.05) is 31.4 Å². The van der Waals surface area contributed by atoms with Gasteiger partial charge < -0.3 is 10.2 Å². The van der Waals surface area contributed by atoms with Crippen molar-refractivity contribution in [2.24, 2.45) is 0 Å². The van der Waals surface area contributed by atoms with E-state index in [0.717, 1.165) is 25.1 Å². The number of halogens is 1. The second kappa shape index (κ2) is 4.33. The minimum absolute atomic E-state index is 0.476. The molecule has 0 radical (unpaired) electrons. The summed E-state index contributed by atoms with van der Waals surface area (Å²) in [6.07, 6.45) is 2.90. The summed E-state index contributed by atoms with van der Waals surface area (Å²) in [6, 6.07) is 0.476. The van der Waals surface area contributed by atoms with Crippen molar-refractivity contribution in [1.29, 1.82) is 0 Å². The molecule has 1 atom stereocenters. The van der Waals surface area contributed by atoms with Crippen LogP contribution in [0.1, 0.15) is 12.0 Å². The average molecular weight is 227 g/mol. The second-order valence-electron chi connectivity index (χ2n) is 3.90. The van der Waals surface area contributed by atoms with E-state index in [9.17, 15) is 0 Å². The Bertz CT molecular complexity index is 349. The maximum Gasteiger partial charge on any atom is 0.226 e. The van der Waals surface area contributed by atoms with E-state index in [-0.39, 0.29) is 0 Å². The first-order valence-corrected chi connectivity index (χ1v) is 5.49. The summed E-state index contributed by atoms with van der Waals surface area (Å²) < 4.78 is 0. The highest BCUT2D eigenvalue weighted by Gasteiger charge is 2.21. The molecule has 0 saturated carbocycles. The Labute approximate surface area is 94.7 Å². The van der Waals surface area contributed by atoms with Crippen molar-refractivity contribution in [1.82, 2.24) is 15.3 Å². The number of anilines is 1. The van der Waals surface area contributed by atoms with Gasteiger partial charge in [0.05, 0.1) is 0 Å². The van der Waals surface area contributed by atoms with E-state index >= 15 is 0 Å². The zero-order chi connectivity index (χ0) is 10.8. The molecule has 82 valence electrons. The highest BCUT2D eigenvalue weighted by atomic mass is 35.5. The fourth-order valence-corrected chi connectivity index (χ4v) is 1.84. The SMILES string of the molecule is Cc1cnc(N(C)C2CCNC2)nc1Cl. The van der Waals surface area contributed by atoms with Crippen molar-refractivity contribution < 1.29 is 0 Å². The molecule has 1 N–H and O–H groups in total. The molecule has 5 heteroatoms. The average Bonchev–Trinajstić information content (AvgIpc) is 2.74. The normalized spacial score (nSPS) is 20.6. The number of nitrogens with zero attached hydrogens (tertiary/aromatic N) is 3. The van der Waals surface area contributed by atoms with Crippen molar-refractivity contribution in [3.05, 3.63) is 16.9 Å². The standard InChI is InChI=1S/C10H15ClN4/c1-7-5-13-10(14-9(7)11)15(2)8-3-4-12-6-8/h5,8,12H,3-4,6H2,1-2H3. The minimum Gasteiger partial charge on any atom is -0.340 e. The predicted molar refractivity (Wildman–Crippen MR) is 61.5 cm³/mol. The first-order chi connectivity index (χ1) is 7.18. The Balaban J connectivity index is 2.17. The van der Waals surface area contributed by atoms with E-state index < -0.39 is 0 Å². The van der Waals surface area contributed by atoms with Gasteiger partial charge in [-0.1, -0.05) is 11.6 Å². The van der Waals surface area contributed by atoms with Crippen molar-refractivity contribution in [2.75, 3.05) is 25.0 Å². The first kappa shape index (κ1) is 10.6. The third-order valence-electron chi connectivity index (χ3n) is 2.79. The largest absolute Gasteiger partial charge is 0.340 e. The molecule has 2 rings (SSSR count). The van der Waals surface area contributed by atoms with E-state index in [1.165, 1.54) is 0 Å². The number of hydrogen-bond acceptors (Lipinski definition) is 4. The fourth-order valence-electron chi connectivity index (χ4n) is 1.72. The Morgan fingerprint density at radius 3 is 3.00 bits per heavy atom. The van der Waals surface area contributed by atoms with Crippen LogP contribution in [-0.4, -0.2) is 36.1 Å². The van der Waals surface area contributed by atoms with Gasteiger partial charge in [0.1, 0.15) is 5.15 Å². The summed E-state index contributed by atoms with van der Waals surface area (Å²) in [7, 11) is 2.01. The smallest absolute Gasteiger partial charge is 0.226 e. The summed E-state index contributed by atoms with van der Waals surface area (Å²) in [5.74, 6) is 0.708. The highest BCUT2D eigenvalue weighted by molar-refractivity contribution is 6.30. The molecular weight excluding hydrogens is 212 g/mol. The van der Waals surface area contributed by atoms with E-state index in [1.807, 2.05) is 14.0 Å². The third kappa shape index (κ3) is 2.21. The van der Waals surface area contributed by atoms with Crippen LogP contribution in [0.2, 0.25) is 5.15 Å². The molecule has 0 amide bonds. The summed E-state index contributed by atoms with van der Waals surface area (Å²) >= 11 is 5.97. The fraction of sp³-hybridized carbons (Fsp3) is 0.600. The Morgan fingerprint density at radius 1 is 1.60 bits per heavy atom. The summed E-state index contributed by atoms with van der Waals surface area (Å²) in [5, 5.41) is 3.86. The van der Waals surface area contributed by atoms with Gasteiger partial charge in [-0.05, 0) is 19.9 Å². The molecule has 0 spiro atoms. The topological polar surface area (TPSA) is 41.1 Å². The van der Waals surface area contributed by atoms with Gasteiger partial charge in [0.15, 0.2) is 0 Å². The van der Waals surface area contributed by atoms with Gasteiger partial charge in [-0.25, -0.2) is 9.97 Å². The van der Waals surface area contributed by atoms with E-state index in [2.05, 4.69) is 20.2 Å². The molecule has 2 heterocycles. The Hall–Kier alpha value is -0.870. The number of nitrogens with one attached hydrogen (secondary N) is 1. The number of aromatic nitrogens is 2. The van der Waals surface area contributed by atoms with Crippen LogP contribution in [0, 0.1) is 6.92 Å². The van der Waals surface area contributed by atoms with Crippen molar-refractivity contribution in [3.8, 4) is 0 Å². The lowest BCUT2D eigenvalue weighted by Gasteiger charge is -2.23. The number of likely N-dealkylation sites (N-methyl/N-ethyl adjacent to an activating group) is 1. The molecule has 1 fully saturated rings. The first-order valence-electron chi connectivity index (χ1n) is 5.11. The lowest BCUT2D eigenvalue weighted by Crippen LogP contribution is -2.34. The monoisotopic (exact) mass is 226 g/mol. The van der Waals surface area contributed by atoms with Crippen molar-refractivity contribution >= 4 is 17.5 Å². The van der Waals surface area contributed by atoms with Crippen LogP contribution in [0.25, 0.3) is 0 Å². The van der Waals surface area contributed by atoms with Gasteiger partial charge in [-0.3, -0.25) is 0 Å². The van der Waals surface area contributed by atoms with Crippen LogP contribution < -0.4 is 10.2 Å². The zero-order valence-corrected chi connectivity index (χ0v) is 9.75. The Morgan fingerprint density at radius 2 is 2.40 bits per heavy atom. The lowest BCUT2D eigenvalue weighted by molar-refractivity contribution is 0.668. The molecule has 1 aromatic heterocycles. The zero-order valence-electron chi connectivity index (χ0n) is 9.00. The predicted octanol–water partition coefficient (Wildman–Crippen LogP) is 1.24. The van der Waals surface area contributed by atoms with Gasteiger partial charge in [-0.15, -0.1) is 0 Å². The van der Waals surface area contributed by atoms with Crippen LogP contribution in [0.3, 0.4) is 0 Å². The number of hydrogen-bond donors (Lipinski definition) is 1. The molecule has 1 aliphatic heterocycles. The highest BCUT2D eigenvalue weighted by Crippen LogP contribution is 2.17. The molecular formula is C10H15ClN4. The molecule has 1 aliphatic rings. The van der Waals surface area contributed by atoms with Crippen LogP contribution in [0.4, 0.5) is 5.95 Å². The van der Waals surface area contributed by atoms with Crippen molar-refractivity contribution in [2.45, 2.75) is 19.4 Å². The van der Waals surface area contributed by atoms with Gasteiger partial charge >= 0.3 is 0 Å². The number of rotatable bonds is 2. The van der Waals surface area contributed by atoms with Crippen LogP contribution in [0.5, 0.6) is 0 Å². The second-order valence-corrected chi connectivity index (χ2v) is 4.26.